The Morgan fingerprint density at radius 3 is 2.90 bits per heavy atom. The first-order chi connectivity index (χ1) is 9.52. The highest BCUT2D eigenvalue weighted by atomic mass is 16.6. The maximum absolute atomic E-state index is 12.2. The van der Waals surface area contributed by atoms with Crippen LogP contribution in [0.2, 0.25) is 0 Å². The summed E-state index contributed by atoms with van der Waals surface area (Å²) in [5.74, 6) is -0.172. The summed E-state index contributed by atoms with van der Waals surface area (Å²) >= 11 is 0. The van der Waals surface area contributed by atoms with Gasteiger partial charge in [0.05, 0.1) is 11.0 Å². The molecule has 0 spiro atoms. The van der Waals surface area contributed by atoms with Crippen molar-refractivity contribution in [2.75, 3.05) is 6.54 Å². The molecule has 0 radical (unpaired) electrons. The van der Waals surface area contributed by atoms with Crippen LogP contribution in [0.15, 0.2) is 12.4 Å². The summed E-state index contributed by atoms with van der Waals surface area (Å²) in [4.78, 5) is 35.5. The van der Waals surface area contributed by atoms with Crippen LogP contribution in [0, 0.1) is 10.1 Å². The molecule has 1 fully saturated rings. The highest BCUT2D eigenvalue weighted by molar-refractivity contribution is 5.89. The Morgan fingerprint density at radius 1 is 1.55 bits per heavy atom. The van der Waals surface area contributed by atoms with Gasteiger partial charge in [0.25, 0.3) is 0 Å². The number of nitro groups is 1. The van der Waals surface area contributed by atoms with Crippen molar-refractivity contribution in [1.29, 1.82) is 0 Å². The van der Waals surface area contributed by atoms with Crippen LogP contribution in [0.4, 0.5) is 5.69 Å². The predicted octanol–water partition coefficient (Wildman–Crippen LogP) is 0.761. The Balaban J connectivity index is 2.03. The Morgan fingerprint density at radius 2 is 2.30 bits per heavy atom. The standard InChI is InChI=1S/C12H16N4O4/c1-2-11(17)10-4-3-5-15(10)12(18)8-14-7-9(6-13-14)16(19)20/h6-7,10H,2-5,8H2,1H3/t10-/m0/s1. The number of ketones is 1. The zero-order valence-corrected chi connectivity index (χ0v) is 11.2. The first-order valence-corrected chi connectivity index (χ1v) is 6.52. The van der Waals surface area contributed by atoms with E-state index in [4.69, 9.17) is 0 Å². The van der Waals surface area contributed by atoms with Gasteiger partial charge in [0.15, 0.2) is 5.78 Å². The third kappa shape index (κ3) is 2.84. The van der Waals surface area contributed by atoms with Crippen molar-refractivity contribution in [2.24, 2.45) is 0 Å². The minimum absolute atomic E-state index is 0.0577. The molecule has 20 heavy (non-hydrogen) atoms. The van der Waals surface area contributed by atoms with Gasteiger partial charge in [-0.2, -0.15) is 5.10 Å². The molecule has 1 atom stereocenters. The van der Waals surface area contributed by atoms with Crippen molar-refractivity contribution in [2.45, 2.75) is 38.8 Å². The van der Waals surface area contributed by atoms with E-state index in [2.05, 4.69) is 5.10 Å². The van der Waals surface area contributed by atoms with Gasteiger partial charge in [-0.05, 0) is 12.8 Å². The molecule has 1 amide bonds. The Bertz CT molecular complexity index is 539. The minimum atomic E-state index is -0.562. The number of Topliss-reactive ketones (excluding diaryl/α,β-unsaturated/α-hetero) is 1. The number of hydrogen-bond donors (Lipinski definition) is 0. The van der Waals surface area contributed by atoms with Gasteiger partial charge in [0.2, 0.25) is 5.91 Å². The second kappa shape index (κ2) is 5.81. The lowest BCUT2D eigenvalue weighted by Crippen LogP contribution is -2.42. The van der Waals surface area contributed by atoms with Gasteiger partial charge in [-0.3, -0.25) is 24.4 Å². The quantitative estimate of drug-likeness (QED) is 0.585. The van der Waals surface area contributed by atoms with Crippen LogP contribution in [-0.2, 0) is 16.1 Å². The molecule has 1 aliphatic heterocycles. The van der Waals surface area contributed by atoms with Crippen LogP contribution in [0.3, 0.4) is 0 Å². The molecule has 108 valence electrons. The van der Waals surface area contributed by atoms with Gasteiger partial charge >= 0.3 is 5.69 Å². The summed E-state index contributed by atoms with van der Waals surface area (Å²) in [6, 6.07) is -0.349. The zero-order valence-electron chi connectivity index (χ0n) is 11.2. The first kappa shape index (κ1) is 14.2. The minimum Gasteiger partial charge on any atom is -0.331 e. The van der Waals surface area contributed by atoms with E-state index in [1.54, 1.807) is 11.8 Å². The Hall–Kier alpha value is -2.25. The Labute approximate surface area is 115 Å². The van der Waals surface area contributed by atoms with E-state index in [1.807, 2.05) is 0 Å². The molecule has 0 aliphatic carbocycles. The van der Waals surface area contributed by atoms with Crippen LogP contribution in [0.25, 0.3) is 0 Å². The summed E-state index contributed by atoms with van der Waals surface area (Å²) in [6.07, 6.45) is 4.22. The zero-order chi connectivity index (χ0) is 14.7. The molecule has 2 heterocycles. The summed E-state index contributed by atoms with van der Waals surface area (Å²) < 4.78 is 1.23. The molecule has 8 nitrogen and oxygen atoms in total. The third-order valence-corrected chi connectivity index (χ3v) is 3.42. The summed E-state index contributed by atoms with van der Waals surface area (Å²) in [5, 5.41) is 14.3. The third-order valence-electron chi connectivity index (χ3n) is 3.42. The van der Waals surface area contributed by atoms with E-state index in [1.165, 1.54) is 10.9 Å². The second-order valence-corrected chi connectivity index (χ2v) is 4.72. The van der Waals surface area contributed by atoms with Crippen molar-refractivity contribution < 1.29 is 14.5 Å². The van der Waals surface area contributed by atoms with Crippen LogP contribution in [-0.4, -0.2) is 43.9 Å². The molecule has 0 saturated carbocycles. The molecule has 0 unspecified atom stereocenters. The maximum atomic E-state index is 12.2. The highest BCUT2D eigenvalue weighted by Gasteiger charge is 2.32. The number of hydrogen-bond acceptors (Lipinski definition) is 5. The fourth-order valence-electron chi connectivity index (χ4n) is 2.40. The number of carbonyl (C=O) groups excluding carboxylic acids is 2. The van der Waals surface area contributed by atoms with E-state index >= 15 is 0 Å². The van der Waals surface area contributed by atoms with Crippen LogP contribution in [0.5, 0.6) is 0 Å². The highest BCUT2D eigenvalue weighted by Crippen LogP contribution is 2.20. The van der Waals surface area contributed by atoms with Crippen molar-refractivity contribution in [3.05, 3.63) is 22.5 Å². The molecule has 1 aromatic rings. The number of likely N-dealkylation sites (tertiary alicyclic amines) is 1. The lowest BCUT2D eigenvalue weighted by molar-refractivity contribution is -0.385. The molecule has 0 N–H and O–H groups in total. The summed E-state index contributed by atoms with van der Waals surface area (Å²) in [5.41, 5.74) is -0.152. The number of nitrogens with zero attached hydrogens (tertiary/aromatic N) is 4. The lowest BCUT2D eigenvalue weighted by atomic mass is 10.1. The Kier molecular flexibility index (Phi) is 4.11. The lowest BCUT2D eigenvalue weighted by Gasteiger charge is -2.23. The van der Waals surface area contributed by atoms with E-state index in [-0.39, 0.29) is 30.0 Å². The number of rotatable bonds is 5. The molecule has 1 aromatic heterocycles. The SMILES string of the molecule is CCC(=O)[C@@H]1CCCN1C(=O)Cn1cc([N+](=O)[O-])cn1. The topological polar surface area (TPSA) is 98.3 Å². The van der Waals surface area contributed by atoms with Crippen molar-refractivity contribution in [3.8, 4) is 0 Å². The molecule has 0 aromatic carbocycles. The molecule has 0 bridgehead atoms. The molecule has 8 heteroatoms. The van der Waals surface area contributed by atoms with Gasteiger partial charge in [-0.15, -0.1) is 0 Å². The average Bonchev–Trinajstić information content (AvgIpc) is 3.06. The van der Waals surface area contributed by atoms with Gasteiger partial charge in [-0.25, -0.2) is 0 Å². The van der Waals surface area contributed by atoms with Crippen molar-refractivity contribution >= 4 is 17.4 Å². The number of amides is 1. The smallest absolute Gasteiger partial charge is 0.307 e. The normalized spacial score (nSPS) is 18.2. The number of carbonyl (C=O) groups is 2. The molecular weight excluding hydrogens is 264 g/mol. The molecule has 2 rings (SSSR count). The first-order valence-electron chi connectivity index (χ1n) is 6.52. The van der Waals surface area contributed by atoms with Gasteiger partial charge < -0.3 is 4.90 Å². The van der Waals surface area contributed by atoms with E-state index in [0.717, 1.165) is 12.6 Å². The monoisotopic (exact) mass is 280 g/mol. The van der Waals surface area contributed by atoms with Gasteiger partial charge in [-0.1, -0.05) is 6.92 Å². The van der Waals surface area contributed by atoms with Crippen LogP contribution in [0.1, 0.15) is 26.2 Å². The largest absolute Gasteiger partial charge is 0.331 e. The van der Waals surface area contributed by atoms with Gasteiger partial charge in [0, 0.05) is 13.0 Å². The predicted molar refractivity (Wildman–Crippen MR) is 68.9 cm³/mol. The average molecular weight is 280 g/mol. The van der Waals surface area contributed by atoms with E-state index < -0.39 is 4.92 Å². The molecular formula is C12H16N4O4. The van der Waals surface area contributed by atoms with Crippen LogP contribution >= 0.6 is 0 Å². The molecule has 1 aliphatic rings. The van der Waals surface area contributed by atoms with Crippen LogP contribution < -0.4 is 0 Å². The second-order valence-electron chi connectivity index (χ2n) is 4.72. The fraction of sp³-hybridized carbons (Fsp3) is 0.583. The summed E-state index contributed by atoms with van der Waals surface area (Å²) in [6.45, 7) is 2.25. The van der Waals surface area contributed by atoms with E-state index in [0.29, 0.717) is 19.4 Å². The van der Waals surface area contributed by atoms with E-state index in [9.17, 15) is 19.7 Å². The van der Waals surface area contributed by atoms with Crippen molar-refractivity contribution in [3.63, 3.8) is 0 Å². The maximum Gasteiger partial charge on any atom is 0.307 e. The summed E-state index contributed by atoms with van der Waals surface area (Å²) in [7, 11) is 0. The fourth-order valence-corrected chi connectivity index (χ4v) is 2.40. The van der Waals surface area contributed by atoms with Gasteiger partial charge in [0.1, 0.15) is 18.9 Å². The number of aromatic nitrogens is 2. The molecule has 1 saturated heterocycles. The van der Waals surface area contributed by atoms with Crippen molar-refractivity contribution in [1.82, 2.24) is 14.7 Å².